The van der Waals surface area contributed by atoms with Gasteiger partial charge in [-0.2, -0.15) is 13.2 Å². The van der Waals surface area contributed by atoms with Crippen LogP contribution in [0.2, 0.25) is 0 Å². The van der Waals surface area contributed by atoms with Gasteiger partial charge in [-0.1, -0.05) is 20.8 Å². The molecule has 180 valence electrons. The summed E-state index contributed by atoms with van der Waals surface area (Å²) >= 11 is 1.38. The number of aromatic nitrogens is 1. The molecule has 0 spiro atoms. The van der Waals surface area contributed by atoms with E-state index in [1.165, 1.54) is 30.2 Å². The van der Waals surface area contributed by atoms with Crippen LogP contribution in [-0.2, 0) is 18.0 Å². The quantitative estimate of drug-likeness (QED) is 0.497. The van der Waals surface area contributed by atoms with Gasteiger partial charge in [-0.05, 0) is 57.0 Å². The number of Topliss-reactive ketones (excluding diaryl/α,β-unsaturated/α-hetero) is 1. The van der Waals surface area contributed by atoms with Crippen molar-refractivity contribution < 1.29 is 18.0 Å². The van der Waals surface area contributed by atoms with Crippen LogP contribution in [0.3, 0.4) is 0 Å². The normalized spacial score (nSPS) is 18.8. The Morgan fingerprint density at radius 3 is 2.30 bits per heavy atom. The molecule has 2 aromatic rings. The summed E-state index contributed by atoms with van der Waals surface area (Å²) in [6, 6.07) is 4.32. The van der Waals surface area contributed by atoms with E-state index in [1.54, 1.807) is 6.07 Å². The van der Waals surface area contributed by atoms with E-state index < -0.39 is 11.7 Å². The maximum absolute atomic E-state index is 13.7. The third-order valence-corrected chi connectivity index (χ3v) is 7.53. The molecular weight excluding hydrogens is 447 g/mol. The van der Waals surface area contributed by atoms with Crippen molar-refractivity contribution in [3.63, 3.8) is 0 Å². The minimum atomic E-state index is -4.50. The standard InChI is InChI=1S/C25H32F3N3OS/c1-24(2,3)22-16-33-23(29-22)15-21(32)17-12-18(25(26,27)28)14-20(13-17)31-10-6-19(7-11-31)30-8-4-5-9-30/h12-14,16,19H,4-11,15H2,1-3H3. The highest BCUT2D eigenvalue weighted by molar-refractivity contribution is 7.09. The van der Waals surface area contributed by atoms with Crippen molar-refractivity contribution in [3.8, 4) is 0 Å². The summed E-state index contributed by atoms with van der Waals surface area (Å²) in [5, 5.41) is 2.56. The molecule has 1 aromatic carbocycles. The number of thiazole rings is 1. The lowest BCUT2D eigenvalue weighted by Gasteiger charge is -2.38. The van der Waals surface area contributed by atoms with Crippen molar-refractivity contribution in [1.29, 1.82) is 0 Å². The molecule has 0 amide bonds. The molecule has 2 saturated heterocycles. The van der Waals surface area contributed by atoms with Gasteiger partial charge in [0.25, 0.3) is 0 Å². The molecule has 0 unspecified atom stereocenters. The molecule has 0 N–H and O–H groups in total. The first-order valence-electron chi connectivity index (χ1n) is 11.7. The van der Waals surface area contributed by atoms with Gasteiger partial charge >= 0.3 is 6.18 Å². The average molecular weight is 480 g/mol. The molecule has 4 rings (SSSR count). The van der Waals surface area contributed by atoms with Gasteiger partial charge < -0.3 is 9.80 Å². The van der Waals surface area contributed by atoms with Crippen LogP contribution >= 0.6 is 11.3 Å². The third kappa shape index (κ3) is 5.77. The number of nitrogens with zero attached hydrogens (tertiary/aromatic N) is 3. The average Bonchev–Trinajstić information content (AvgIpc) is 3.45. The topological polar surface area (TPSA) is 36.4 Å². The van der Waals surface area contributed by atoms with Crippen LogP contribution in [0.1, 0.15) is 73.1 Å². The molecule has 0 atom stereocenters. The number of rotatable bonds is 5. The summed E-state index contributed by atoms with van der Waals surface area (Å²) in [5.41, 5.74) is 0.583. The Bertz CT molecular complexity index is 982. The third-order valence-electron chi connectivity index (χ3n) is 6.69. The first-order valence-corrected chi connectivity index (χ1v) is 12.6. The summed E-state index contributed by atoms with van der Waals surface area (Å²) in [6.07, 6.45) is -0.147. The highest BCUT2D eigenvalue weighted by Crippen LogP contribution is 2.35. The Labute approximate surface area is 197 Å². The molecular formula is C25H32F3N3OS. The molecule has 4 nitrogen and oxygen atoms in total. The molecule has 0 saturated carbocycles. The minimum absolute atomic E-state index is 0.0124. The summed E-state index contributed by atoms with van der Waals surface area (Å²) in [5.74, 6) is -0.330. The lowest BCUT2D eigenvalue weighted by Crippen LogP contribution is -2.44. The highest BCUT2D eigenvalue weighted by Gasteiger charge is 2.33. The maximum atomic E-state index is 13.7. The summed E-state index contributed by atoms with van der Waals surface area (Å²) in [4.78, 5) is 22.0. The van der Waals surface area contributed by atoms with Gasteiger partial charge in [0.05, 0.1) is 17.7 Å². The predicted molar refractivity (Wildman–Crippen MR) is 126 cm³/mol. The summed E-state index contributed by atoms with van der Waals surface area (Å²) in [7, 11) is 0. The van der Waals surface area contributed by atoms with Gasteiger partial charge in [0, 0.05) is 41.2 Å². The van der Waals surface area contributed by atoms with Crippen molar-refractivity contribution >= 4 is 22.8 Å². The Balaban J connectivity index is 1.52. The fourth-order valence-corrected chi connectivity index (χ4v) is 5.71. The zero-order valence-corrected chi connectivity index (χ0v) is 20.4. The Hall–Kier alpha value is -1.93. The van der Waals surface area contributed by atoms with E-state index in [0.717, 1.165) is 37.7 Å². The molecule has 3 heterocycles. The lowest BCUT2D eigenvalue weighted by molar-refractivity contribution is -0.137. The molecule has 0 bridgehead atoms. The van der Waals surface area contributed by atoms with Gasteiger partial charge in [0.2, 0.25) is 0 Å². The van der Waals surface area contributed by atoms with E-state index in [0.29, 0.717) is 29.8 Å². The fraction of sp³-hybridized carbons (Fsp3) is 0.600. The van der Waals surface area contributed by atoms with Gasteiger partial charge in [0.1, 0.15) is 5.01 Å². The van der Waals surface area contributed by atoms with Crippen molar-refractivity contribution in [2.24, 2.45) is 0 Å². The van der Waals surface area contributed by atoms with E-state index in [4.69, 9.17) is 0 Å². The number of ketones is 1. The number of piperidine rings is 1. The summed E-state index contributed by atoms with van der Waals surface area (Å²) in [6.45, 7) is 9.79. The number of hydrogen-bond donors (Lipinski definition) is 0. The number of hydrogen-bond acceptors (Lipinski definition) is 5. The fourth-order valence-electron chi connectivity index (χ4n) is 4.69. The zero-order valence-electron chi connectivity index (χ0n) is 19.5. The number of anilines is 1. The first-order chi connectivity index (χ1) is 15.5. The van der Waals surface area contributed by atoms with E-state index in [9.17, 15) is 18.0 Å². The summed E-state index contributed by atoms with van der Waals surface area (Å²) < 4.78 is 41.0. The number of benzene rings is 1. The van der Waals surface area contributed by atoms with Crippen molar-refractivity contribution in [1.82, 2.24) is 9.88 Å². The van der Waals surface area contributed by atoms with Crippen molar-refractivity contribution in [2.45, 2.75) is 70.5 Å². The van der Waals surface area contributed by atoms with Crippen molar-refractivity contribution in [2.75, 3.05) is 31.1 Å². The molecule has 8 heteroatoms. The second kappa shape index (κ2) is 9.37. The number of carbonyl (C=O) groups excluding carboxylic acids is 1. The maximum Gasteiger partial charge on any atom is 0.416 e. The highest BCUT2D eigenvalue weighted by atomic mass is 32.1. The largest absolute Gasteiger partial charge is 0.416 e. The molecule has 1 aromatic heterocycles. The molecule has 2 fully saturated rings. The van der Waals surface area contributed by atoms with Crippen LogP contribution in [0.5, 0.6) is 0 Å². The monoisotopic (exact) mass is 479 g/mol. The smallest absolute Gasteiger partial charge is 0.371 e. The Morgan fingerprint density at radius 1 is 1.06 bits per heavy atom. The number of alkyl halides is 3. The SMILES string of the molecule is CC(C)(C)c1csc(CC(=O)c2cc(N3CCC(N4CCCC4)CC3)cc(C(F)(F)F)c2)n1. The van der Waals surface area contributed by atoms with Gasteiger partial charge in [-0.15, -0.1) is 11.3 Å². The Kier molecular flexibility index (Phi) is 6.87. The van der Waals surface area contributed by atoms with Crippen LogP contribution in [0.15, 0.2) is 23.6 Å². The molecule has 33 heavy (non-hydrogen) atoms. The van der Waals surface area contributed by atoms with Gasteiger partial charge in [0.15, 0.2) is 5.78 Å². The zero-order chi connectivity index (χ0) is 23.8. The second-order valence-corrected chi connectivity index (χ2v) is 11.1. The van der Waals surface area contributed by atoms with E-state index in [1.807, 2.05) is 31.1 Å². The van der Waals surface area contributed by atoms with Crippen LogP contribution in [0, 0.1) is 0 Å². The van der Waals surface area contributed by atoms with Crippen molar-refractivity contribution in [3.05, 3.63) is 45.4 Å². The lowest BCUT2D eigenvalue weighted by atomic mass is 9.93. The molecule has 0 aliphatic carbocycles. The number of carbonyl (C=O) groups is 1. The van der Waals surface area contributed by atoms with Crippen LogP contribution in [0.4, 0.5) is 18.9 Å². The van der Waals surface area contributed by atoms with Crippen LogP contribution in [-0.4, -0.2) is 47.9 Å². The molecule has 2 aliphatic heterocycles. The first kappa shape index (κ1) is 24.2. The number of likely N-dealkylation sites (tertiary alicyclic amines) is 1. The van der Waals surface area contributed by atoms with E-state index >= 15 is 0 Å². The Morgan fingerprint density at radius 2 is 1.73 bits per heavy atom. The van der Waals surface area contributed by atoms with Gasteiger partial charge in [-0.3, -0.25) is 4.79 Å². The minimum Gasteiger partial charge on any atom is -0.371 e. The van der Waals surface area contributed by atoms with E-state index in [-0.39, 0.29) is 23.2 Å². The second-order valence-electron chi connectivity index (χ2n) is 10.2. The number of halogens is 3. The molecule has 0 radical (unpaired) electrons. The van der Waals surface area contributed by atoms with Crippen LogP contribution < -0.4 is 4.90 Å². The molecule has 2 aliphatic rings. The van der Waals surface area contributed by atoms with E-state index in [2.05, 4.69) is 9.88 Å². The predicted octanol–water partition coefficient (Wildman–Crippen LogP) is 5.95. The van der Waals surface area contributed by atoms with Crippen LogP contribution in [0.25, 0.3) is 0 Å². The van der Waals surface area contributed by atoms with Gasteiger partial charge in [-0.25, -0.2) is 4.98 Å².